The first-order valence-electron chi connectivity index (χ1n) is 19.6. The lowest BCUT2D eigenvalue weighted by Crippen LogP contribution is -2.25. The van der Waals surface area contributed by atoms with Crippen LogP contribution in [0.3, 0.4) is 0 Å². The number of hydrogen-bond donors (Lipinski definition) is 0. The Hall–Kier alpha value is -7.23. The standard InChI is InChI=1S/C54H37N3/c1-3-34(2)51-55-52(35-17-5-4-6-18-35)57-53(56-51)39-22-16-20-37(32-39)36-19-15-21-38(31-36)45-33-49-50(43-26-8-7-23-40(43)45)44-27-11-14-30-48(44)54(49)46-28-12-9-24-41(46)42-25-10-13-29-47(42)54/h3-33H,1-2H3/b34-3+. The van der Waals surface area contributed by atoms with Crippen molar-refractivity contribution in [3.63, 3.8) is 0 Å². The molecular weight excluding hydrogens is 691 g/mol. The number of benzene rings is 8. The molecular formula is C54H37N3. The van der Waals surface area contributed by atoms with Gasteiger partial charge in [0.05, 0.1) is 5.41 Å². The number of allylic oxidation sites excluding steroid dienone is 2. The van der Waals surface area contributed by atoms with E-state index in [-0.39, 0.29) is 0 Å². The number of fused-ring (bicyclic) bond motifs is 12. The van der Waals surface area contributed by atoms with Crippen LogP contribution >= 0.6 is 0 Å². The summed E-state index contributed by atoms with van der Waals surface area (Å²) in [5, 5.41) is 2.53. The number of aromatic nitrogens is 3. The Morgan fingerprint density at radius 1 is 0.404 bits per heavy atom. The van der Waals surface area contributed by atoms with Gasteiger partial charge in [-0.25, -0.2) is 15.0 Å². The topological polar surface area (TPSA) is 38.7 Å². The van der Waals surface area contributed by atoms with E-state index in [0.717, 1.165) is 27.8 Å². The first-order valence-corrected chi connectivity index (χ1v) is 19.6. The molecule has 0 saturated carbocycles. The van der Waals surface area contributed by atoms with Gasteiger partial charge in [0.15, 0.2) is 17.5 Å². The van der Waals surface area contributed by atoms with Crippen molar-refractivity contribution >= 4 is 16.3 Å². The van der Waals surface area contributed by atoms with E-state index in [1.165, 1.54) is 66.4 Å². The first-order chi connectivity index (χ1) is 28.1. The van der Waals surface area contributed by atoms with Crippen LogP contribution in [0, 0.1) is 0 Å². The predicted octanol–water partition coefficient (Wildman–Crippen LogP) is 13.5. The Bertz CT molecular complexity index is 3060. The summed E-state index contributed by atoms with van der Waals surface area (Å²) in [7, 11) is 0. The molecule has 1 aromatic heterocycles. The number of nitrogens with zero attached hydrogens (tertiary/aromatic N) is 3. The fourth-order valence-corrected chi connectivity index (χ4v) is 9.42. The van der Waals surface area contributed by atoms with Gasteiger partial charge in [-0.2, -0.15) is 0 Å². The maximum atomic E-state index is 4.99. The van der Waals surface area contributed by atoms with Gasteiger partial charge < -0.3 is 0 Å². The average molecular weight is 728 g/mol. The maximum Gasteiger partial charge on any atom is 0.164 e. The van der Waals surface area contributed by atoms with Crippen LogP contribution in [0.5, 0.6) is 0 Å². The third-order valence-corrected chi connectivity index (χ3v) is 12.1. The number of hydrogen-bond acceptors (Lipinski definition) is 3. The van der Waals surface area contributed by atoms with Crippen molar-refractivity contribution in [1.82, 2.24) is 15.0 Å². The third-order valence-electron chi connectivity index (χ3n) is 12.1. The molecule has 1 spiro atoms. The maximum absolute atomic E-state index is 4.99. The molecule has 0 aliphatic heterocycles. The van der Waals surface area contributed by atoms with Crippen LogP contribution in [-0.2, 0) is 5.41 Å². The van der Waals surface area contributed by atoms with Gasteiger partial charge in [0.1, 0.15) is 0 Å². The van der Waals surface area contributed by atoms with Crippen molar-refractivity contribution in [3.8, 4) is 67.3 Å². The Morgan fingerprint density at radius 3 is 1.56 bits per heavy atom. The quantitative estimate of drug-likeness (QED) is 0.177. The molecule has 2 aliphatic carbocycles. The fourth-order valence-electron chi connectivity index (χ4n) is 9.42. The summed E-state index contributed by atoms with van der Waals surface area (Å²) < 4.78 is 0. The Morgan fingerprint density at radius 2 is 0.895 bits per heavy atom. The minimum atomic E-state index is -0.419. The minimum absolute atomic E-state index is 0.419. The van der Waals surface area contributed by atoms with Crippen LogP contribution in [0.4, 0.5) is 0 Å². The van der Waals surface area contributed by atoms with E-state index < -0.39 is 5.41 Å². The highest BCUT2D eigenvalue weighted by Crippen LogP contribution is 2.64. The number of rotatable bonds is 5. The van der Waals surface area contributed by atoms with E-state index >= 15 is 0 Å². The zero-order valence-electron chi connectivity index (χ0n) is 31.7. The normalized spacial score (nSPS) is 13.3. The Labute approximate surface area is 332 Å². The van der Waals surface area contributed by atoms with E-state index in [1.807, 2.05) is 50.3 Å². The molecule has 0 fully saturated rings. The first kappa shape index (κ1) is 33.1. The summed E-state index contributed by atoms with van der Waals surface area (Å²) in [4.78, 5) is 14.8. The van der Waals surface area contributed by atoms with Gasteiger partial charge >= 0.3 is 0 Å². The lowest BCUT2D eigenvalue weighted by Gasteiger charge is -2.31. The monoisotopic (exact) mass is 727 g/mol. The highest BCUT2D eigenvalue weighted by Gasteiger charge is 2.52. The van der Waals surface area contributed by atoms with E-state index in [4.69, 9.17) is 15.0 Å². The van der Waals surface area contributed by atoms with Gasteiger partial charge in [0.25, 0.3) is 0 Å². The van der Waals surface area contributed by atoms with Gasteiger partial charge in [-0.1, -0.05) is 170 Å². The molecule has 0 saturated heterocycles. The zero-order valence-corrected chi connectivity index (χ0v) is 31.7. The summed E-state index contributed by atoms with van der Waals surface area (Å²) in [6, 6.07) is 66.3. The van der Waals surface area contributed by atoms with Gasteiger partial charge in [-0.3, -0.25) is 0 Å². The molecule has 0 unspecified atom stereocenters. The molecule has 0 N–H and O–H groups in total. The molecule has 0 amide bonds. The minimum Gasteiger partial charge on any atom is -0.209 e. The lowest BCUT2D eigenvalue weighted by atomic mass is 9.70. The third kappa shape index (κ3) is 4.95. The second-order valence-corrected chi connectivity index (χ2v) is 15.1. The fraction of sp³-hybridized carbons (Fsp3) is 0.0556. The van der Waals surface area contributed by atoms with Crippen LogP contribution < -0.4 is 0 Å². The van der Waals surface area contributed by atoms with Gasteiger partial charge in [0.2, 0.25) is 0 Å². The summed E-state index contributed by atoms with van der Waals surface area (Å²) in [6.45, 7) is 4.06. The van der Waals surface area contributed by atoms with Crippen LogP contribution in [0.25, 0.3) is 83.6 Å². The zero-order chi connectivity index (χ0) is 38.1. The van der Waals surface area contributed by atoms with Gasteiger partial charge in [-0.05, 0) is 115 Å². The Balaban J connectivity index is 1.09. The van der Waals surface area contributed by atoms with Crippen LogP contribution in [0.15, 0.2) is 188 Å². The largest absolute Gasteiger partial charge is 0.209 e. The lowest BCUT2D eigenvalue weighted by molar-refractivity contribution is 0.794. The molecule has 1 heterocycles. The van der Waals surface area contributed by atoms with Crippen molar-refractivity contribution in [2.75, 3.05) is 0 Å². The molecule has 0 radical (unpaired) electrons. The van der Waals surface area contributed by atoms with E-state index in [0.29, 0.717) is 17.5 Å². The molecule has 3 heteroatoms. The molecule has 57 heavy (non-hydrogen) atoms. The molecule has 11 rings (SSSR count). The molecule has 8 aromatic carbocycles. The molecule has 3 nitrogen and oxygen atoms in total. The summed E-state index contributed by atoms with van der Waals surface area (Å²) in [5.41, 5.74) is 17.8. The van der Waals surface area contributed by atoms with Crippen LogP contribution in [-0.4, -0.2) is 15.0 Å². The van der Waals surface area contributed by atoms with Gasteiger partial charge in [0, 0.05) is 11.1 Å². The van der Waals surface area contributed by atoms with E-state index in [9.17, 15) is 0 Å². The molecule has 0 atom stereocenters. The van der Waals surface area contributed by atoms with Crippen molar-refractivity contribution in [3.05, 3.63) is 216 Å². The van der Waals surface area contributed by atoms with Crippen molar-refractivity contribution in [2.45, 2.75) is 19.3 Å². The molecule has 268 valence electrons. The molecule has 2 aliphatic rings. The highest BCUT2D eigenvalue weighted by molar-refractivity contribution is 6.11. The highest BCUT2D eigenvalue weighted by atomic mass is 15.0. The van der Waals surface area contributed by atoms with E-state index in [1.54, 1.807) is 0 Å². The van der Waals surface area contributed by atoms with Crippen molar-refractivity contribution in [1.29, 1.82) is 0 Å². The summed E-state index contributed by atoms with van der Waals surface area (Å²) in [5.74, 6) is 2.01. The molecule has 0 bridgehead atoms. The van der Waals surface area contributed by atoms with Crippen LogP contribution in [0.2, 0.25) is 0 Å². The second-order valence-electron chi connectivity index (χ2n) is 15.1. The van der Waals surface area contributed by atoms with Crippen LogP contribution in [0.1, 0.15) is 41.9 Å². The summed E-state index contributed by atoms with van der Waals surface area (Å²) >= 11 is 0. The SMILES string of the molecule is C/C=C(\C)c1nc(-c2ccccc2)nc(-c2cccc(-c3cccc(-c4cc5c(c6ccccc46)-c4ccccc4C54c5ccccc5-c5ccccc54)c3)c2)n1. The summed E-state index contributed by atoms with van der Waals surface area (Å²) in [6.07, 6.45) is 2.04. The van der Waals surface area contributed by atoms with Crippen molar-refractivity contribution < 1.29 is 0 Å². The van der Waals surface area contributed by atoms with Gasteiger partial charge in [-0.15, -0.1) is 0 Å². The predicted molar refractivity (Wildman–Crippen MR) is 235 cm³/mol. The molecule has 9 aromatic rings. The van der Waals surface area contributed by atoms with Crippen molar-refractivity contribution in [2.24, 2.45) is 0 Å². The average Bonchev–Trinajstić information content (AvgIpc) is 3.76. The second kappa shape index (κ2) is 12.9. The van der Waals surface area contributed by atoms with E-state index in [2.05, 4.69) is 152 Å². The Kier molecular flexibility index (Phi) is 7.52. The smallest absolute Gasteiger partial charge is 0.164 e.